The van der Waals surface area contributed by atoms with Crippen LogP contribution in [-0.2, 0) is 10.0 Å². The number of hydrogen-bond acceptors (Lipinski definition) is 5. The number of urea groups is 1. The summed E-state index contributed by atoms with van der Waals surface area (Å²) in [7, 11) is -3.71. The number of nitrogens with zero attached hydrogens (tertiary/aromatic N) is 1. The van der Waals surface area contributed by atoms with Crippen LogP contribution in [0.5, 0.6) is 0 Å². The normalized spacial score (nSPS) is 11.3. The number of sulfonamides is 1. The van der Waals surface area contributed by atoms with Crippen LogP contribution >= 0.6 is 11.3 Å². The zero-order valence-corrected chi connectivity index (χ0v) is 18.5. The van der Waals surface area contributed by atoms with Crippen LogP contribution in [0.25, 0.3) is 10.2 Å². The van der Waals surface area contributed by atoms with Crippen molar-refractivity contribution in [2.45, 2.75) is 18.7 Å². The molecule has 0 fully saturated rings. The summed E-state index contributed by atoms with van der Waals surface area (Å²) in [6, 6.07) is 18.8. The molecule has 0 spiro atoms. The largest absolute Gasteiger partial charge is 0.323 e. The highest BCUT2D eigenvalue weighted by atomic mass is 32.2. The first-order chi connectivity index (χ1) is 14.8. The number of anilines is 3. The first kappa shape index (κ1) is 20.8. The van der Waals surface area contributed by atoms with E-state index in [2.05, 4.69) is 20.3 Å². The minimum atomic E-state index is -3.71. The number of carbonyl (C=O) groups is 1. The van der Waals surface area contributed by atoms with E-state index in [0.29, 0.717) is 11.2 Å². The van der Waals surface area contributed by atoms with E-state index in [1.807, 2.05) is 32.0 Å². The molecule has 0 aliphatic heterocycles. The number of nitrogens with one attached hydrogen (secondary N) is 3. The van der Waals surface area contributed by atoms with Crippen LogP contribution in [0.4, 0.5) is 21.3 Å². The van der Waals surface area contributed by atoms with E-state index in [-0.39, 0.29) is 16.1 Å². The van der Waals surface area contributed by atoms with Crippen LogP contribution in [0.1, 0.15) is 11.1 Å². The van der Waals surface area contributed by atoms with Gasteiger partial charge >= 0.3 is 6.03 Å². The summed E-state index contributed by atoms with van der Waals surface area (Å²) >= 11 is 1.22. The quantitative estimate of drug-likeness (QED) is 0.380. The molecule has 158 valence electrons. The Hall–Kier alpha value is -3.43. The summed E-state index contributed by atoms with van der Waals surface area (Å²) < 4.78 is 28.3. The van der Waals surface area contributed by atoms with Crippen LogP contribution < -0.4 is 15.4 Å². The number of rotatable bonds is 5. The third-order valence-corrected chi connectivity index (χ3v) is 6.99. The van der Waals surface area contributed by atoms with Gasteiger partial charge in [-0.2, -0.15) is 0 Å². The molecule has 0 radical (unpaired) electrons. The van der Waals surface area contributed by atoms with Crippen molar-refractivity contribution in [1.82, 2.24) is 4.98 Å². The molecule has 0 bridgehead atoms. The lowest BCUT2D eigenvalue weighted by Crippen LogP contribution is -2.19. The van der Waals surface area contributed by atoms with Crippen molar-refractivity contribution in [3.63, 3.8) is 0 Å². The molecule has 0 aliphatic carbocycles. The van der Waals surface area contributed by atoms with Gasteiger partial charge in [0.05, 0.1) is 15.1 Å². The second-order valence-corrected chi connectivity index (χ2v) is 9.73. The van der Waals surface area contributed by atoms with Gasteiger partial charge in [-0.3, -0.25) is 4.72 Å². The number of aryl methyl sites for hydroxylation is 2. The summed E-state index contributed by atoms with van der Waals surface area (Å²) in [5.74, 6) is 0. The van der Waals surface area contributed by atoms with Gasteiger partial charge in [-0.1, -0.05) is 47.2 Å². The molecule has 9 heteroatoms. The third kappa shape index (κ3) is 4.84. The predicted molar refractivity (Wildman–Crippen MR) is 125 cm³/mol. The van der Waals surface area contributed by atoms with Crippen molar-refractivity contribution in [3.05, 3.63) is 77.9 Å². The number of thiazole rings is 1. The molecule has 4 aromatic rings. The summed E-state index contributed by atoms with van der Waals surface area (Å²) in [5.41, 5.74) is 3.96. The maximum Gasteiger partial charge on any atom is 0.323 e. The highest BCUT2D eigenvalue weighted by Gasteiger charge is 2.16. The molecule has 0 atom stereocenters. The molecule has 31 heavy (non-hydrogen) atoms. The summed E-state index contributed by atoms with van der Waals surface area (Å²) in [6.07, 6.45) is 0. The summed E-state index contributed by atoms with van der Waals surface area (Å²) in [6.45, 7) is 3.93. The maximum absolute atomic E-state index is 12.5. The smallest absolute Gasteiger partial charge is 0.308 e. The van der Waals surface area contributed by atoms with Crippen molar-refractivity contribution < 1.29 is 13.2 Å². The third-order valence-electron chi connectivity index (χ3n) is 4.55. The lowest BCUT2D eigenvalue weighted by Gasteiger charge is -2.10. The Bertz CT molecular complexity index is 1370. The van der Waals surface area contributed by atoms with Crippen LogP contribution in [0, 0.1) is 13.8 Å². The van der Waals surface area contributed by atoms with Gasteiger partial charge in [0.15, 0.2) is 5.13 Å². The highest BCUT2D eigenvalue weighted by molar-refractivity contribution is 7.93. The van der Waals surface area contributed by atoms with E-state index < -0.39 is 10.0 Å². The van der Waals surface area contributed by atoms with Gasteiger partial charge < -0.3 is 10.6 Å². The average Bonchev–Trinajstić information content (AvgIpc) is 3.11. The Morgan fingerprint density at radius 1 is 0.935 bits per heavy atom. The first-order valence-electron chi connectivity index (χ1n) is 9.44. The predicted octanol–water partition coefficient (Wildman–Crippen LogP) is 5.36. The standard InChI is InChI=1S/C22H20N4O3S2/c1-14-8-10-18(15(2)12-14)24-21(27)23-16-9-11-20-19(13-16)25-22(30-20)26-31(28,29)17-6-4-3-5-7-17/h3-13H,1-2H3,(H,25,26)(H2,23,24,27). The van der Waals surface area contributed by atoms with E-state index in [0.717, 1.165) is 21.5 Å². The molecule has 3 N–H and O–H groups in total. The maximum atomic E-state index is 12.5. The van der Waals surface area contributed by atoms with Crippen molar-refractivity contribution in [2.75, 3.05) is 15.4 Å². The van der Waals surface area contributed by atoms with Crippen LogP contribution in [0.2, 0.25) is 0 Å². The number of benzene rings is 3. The van der Waals surface area contributed by atoms with Crippen molar-refractivity contribution in [3.8, 4) is 0 Å². The van der Waals surface area contributed by atoms with E-state index in [1.54, 1.807) is 36.4 Å². The Kier molecular flexibility index (Phi) is 5.62. The number of amides is 2. The first-order valence-corrected chi connectivity index (χ1v) is 11.7. The molecule has 4 rings (SSSR count). The lowest BCUT2D eigenvalue weighted by molar-refractivity contribution is 0.262. The zero-order valence-electron chi connectivity index (χ0n) is 16.8. The summed E-state index contributed by atoms with van der Waals surface area (Å²) in [5, 5.41) is 5.87. The Balaban J connectivity index is 1.49. The minimum Gasteiger partial charge on any atom is -0.308 e. The molecule has 0 saturated heterocycles. The molecule has 1 heterocycles. The van der Waals surface area contributed by atoms with Gasteiger partial charge in [0, 0.05) is 11.4 Å². The van der Waals surface area contributed by atoms with Crippen LogP contribution in [0.15, 0.2) is 71.6 Å². The van der Waals surface area contributed by atoms with E-state index in [4.69, 9.17) is 0 Å². The zero-order chi connectivity index (χ0) is 22.0. The minimum absolute atomic E-state index is 0.166. The summed E-state index contributed by atoms with van der Waals surface area (Å²) in [4.78, 5) is 16.9. The van der Waals surface area contributed by atoms with Crippen molar-refractivity contribution in [2.24, 2.45) is 0 Å². The molecule has 2 amide bonds. The van der Waals surface area contributed by atoms with Gasteiger partial charge in [0.2, 0.25) is 0 Å². The molecule has 0 saturated carbocycles. The second-order valence-electron chi connectivity index (χ2n) is 7.02. The SMILES string of the molecule is Cc1ccc(NC(=O)Nc2ccc3sc(NS(=O)(=O)c4ccccc4)nc3c2)c(C)c1. The van der Waals surface area contributed by atoms with Gasteiger partial charge in [0.25, 0.3) is 10.0 Å². The van der Waals surface area contributed by atoms with Crippen LogP contribution in [-0.4, -0.2) is 19.4 Å². The fourth-order valence-electron chi connectivity index (χ4n) is 3.06. The molecule has 7 nitrogen and oxygen atoms in total. The van der Waals surface area contributed by atoms with Crippen molar-refractivity contribution >= 4 is 54.1 Å². The number of hydrogen-bond donors (Lipinski definition) is 3. The number of aromatic nitrogens is 1. The van der Waals surface area contributed by atoms with E-state index in [1.165, 1.54) is 23.5 Å². The van der Waals surface area contributed by atoms with Gasteiger partial charge in [-0.05, 0) is 55.8 Å². The van der Waals surface area contributed by atoms with E-state index in [9.17, 15) is 13.2 Å². The second kappa shape index (κ2) is 8.37. The molecule has 0 unspecified atom stereocenters. The molecule has 0 aliphatic rings. The Labute approximate surface area is 184 Å². The monoisotopic (exact) mass is 452 g/mol. The Morgan fingerprint density at radius 2 is 1.71 bits per heavy atom. The van der Waals surface area contributed by atoms with Crippen LogP contribution in [0.3, 0.4) is 0 Å². The molecule has 3 aromatic carbocycles. The fourth-order valence-corrected chi connectivity index (χ4v) is 5.16. The van der Waals surface area contributed by atoms with Gasteiger partial charge in [0.1, 0.15) is 0 Å². The van der Waals surface area contributed by atoms with Gasteiger partial charge in [-0.25, -0.2) is 18.2 Å². The lowest BCUT2D eigenvalue weighted by atomic mass is 10.1. The number of carbonyl (C=O) groups excluding carboxylic acids is 1. The topological polar surface area (TPSA) is 100 Å². The number of fused-ring (bicyclic) bond motifs is 1. The fraction of sp³-hybridized carbons (Fsp3) is 0.0909. The van der Waals surface area contributed by atoms with Gasteiger partial charge in [-0.15, -0.1) is 0 Å². The molecular formula is C22H20N4O3S2. The average molecular weight is 453 g/mol. The molecule has 1 aromatic heterocycles. The van der Waals surface area contributed by atoms with Crippen molar-refractivity contribution in [1.29, 1.82) is 0 Å². The van der Waals surface area contributed by atoms with E-state index >= 15 is 0 Å². The molecular weight excluding hydrogens is 432 g/mol. The highest BCUT2D eigenvalue weighted by Crippen LogP contribution is 2.29. The Morgan fingerprint density at radius 3 is 2.45 bits per heavy atom.